The molecule has 0 saturated carbocycles. The minimum absolute atomic E-state index is 0.953. The van der Waals surface area contributed by atoms with Gasteiger partial charge in [0.15, 0.2) is 0 Å². The fraction of sp³-hybridized carbons (Fsp3) is 0.333. The Kier molecular flexibility index (Phi) is 5.34. The molecule has 0 aromatic carbocycles. The van der Waals surface area contributed by atoms with Crippen LogP contribution in [0.4, 0.5) is 0 Å². The van der Waals surface area contributed by atoms with Crippen LogP contribution in [0.1, 0.15) is 38.6 Å². The summed E-state index contributed by atoms with van der Waals surface area (Å²) in [5, 5.41) is 0. The Bertz CT molecular complexity index is 454. The first-order valence-electron chi connectivity index (χ1n) is 6.10. The van der Waals surface area contributed by atoms with Crippen molar-refractivity contribution in [3.8, 4) is 0 Å². The quantitative estimate of drug-likeness (QED) is 0.723. The predicted molar refractivity (Wildman–Crippen MR) is 73.6 cm³/mol. The third kappa shape index (κ3) is 3.99. The third-order valence-corrected chi connectivity index (χ3v) is 2.35. The summed E-state index contributed by atoms with van der Waals surface area (Å²) in [5.74, 6) is 0. The van der Waals surface area contributed by atoms with E-state index in [1.807, 2.05) is 27.0 Å². The molecule has 1 aromatic rings. The molecule has 0 aliphatic heterocycles. The van der Waals surface area contributed by atoms with Crippen molar-refractivity contribution in [3.63, 3.8) is 0 Å². The largest absolute Gasteiger partial charge is 0.261 e. The zero-order valence-electron chi connectivity index (χ0n) is 11.1. The summed E-state index contributed by atoms with van der Waals surface area (Å²) in [7, 11) is 0. The van der Waals surface area contributed by atoms with Crippen LogP contribution in [-0.4, -0.2) is 9.97 Å². The Morgan fingerprint density at radius 2 is 1.76 bits per heavy atom. The van der Waals surface area contributed by atoms with Crippen LogP contribution in [0.2, 0.25) is 0 Å². The summed E-state index contributed by atoms with van der Waals surface area (Å²) in [6.45, 7) is 8.07. The normalized spacial score (nSPS) is 14.1. The highest BCUT2D eigenvalue weighted by Gasteiger charge is 2.02. The van der Waals surface area contributed by atoms with Gasteiger partial charge in [-0.2, -0.15) is 0 Å². The lowest BCUT2D eigenvalue weighted by atomic mass is 10.1. The number of hydrogen-bond donors (Lipinski definition) is 0. The average molecular weight is 228 g/mol. The van der Waals surface area contributed by atoms with Crippen molar-refractivity contribution in [1.29, 1.82) is 0 Å². The fourth-order valence-electron chi connectivity index (χ4n) is 1.52. The number of rotatable bonds is 1. The zero-order valence-corrected chi connectivity index (χ0v) is 11.1. The van der Waals surface area contributed by atoms with E-state index < -0.39 is 0 Å². The van der Waals surface area contributed by atoms with Crippen LogP contribution in [0.15, 0.2) is 42.3 Å². The van der Waals surface area contributed by atoms with Gasteiger partial charge in [0.2, 0.25) is 0 Å². The molecular weight excluding hydrogens is 208 g/mol. The molecular formula is C15H20N2. The molecule has 0 fully saturated rings. The lowest BCUT2D eigenvalue weighted by Gasteiger charge is -2.00. The van der Waals surface area contributed by atoms with Gasteiger partial charge in [0.05, 0.1) is 17.6 Å². The average Bonchev–Trinajstić information content (AvgIpc) is 2.57. The highest BCUT2D eigenvalue weighted by molar-refractivity contribution is 5.72. The molecule has 2 rings (SSSR count). The molecule has 1 heterocycles. The molecule has 0 atom stereocenters. The van der Waals surface area contributed by atoms with E-state index in [9.17, 15) is 0 Å². The molecule has 0 saturated heterocycles. The van der Waals surface area contributed by atoms with Crippen LogP contribution >= 0.6 is 0 Å². The summed E-state index contributed by atoms with van der Waals surface area (Å²) in [6, 6.07) is 0. The Labute approximate surface area is 104 Å². The lowest BCUT2D eigenvalue weighted by molar-refractivity contribution is 1.09. The van der Waals surface area contributed by atoms with Gasteiger partial charge in [-0.3, -0.25) is 4.98 Å². The van der Waals surface area contributed by atoms with Gasteiger partial charge in [0.1, 0.15) is 0 Å². The molecule has 0 unspecified atom stereocenters. The Morgan fingerprint density at radius 3 is 2.47 bits per heavy atom. The number of nitrogens with zero attached hydrogens (tertiary/aromatic N) is 2. The second-order valence-corrected chi connectivity index (χ2v) is 3.72. The van der Waals surface area contributed by atoms with Crippen molar-refractivity contribution >= 4 is 5.57 Å². The standard InChI is InChI=1S/C13H14N2.C2H6/c1-10-4-3-5-12(7-6-10)13-9-14-8-11(2)15-13;1-2/h4-9H,3H2,1-2H3;1-2H3. The smallest absolute Gasteiger partial charge is 0.0885 e. The zero-order chi connectivity index (χ0) is 12.7. The van der Waals surface area contributed by atoms with Crippen LogP contribution in [-0.2, 0) is 0 Å². The van der Waals surface area contributed by atoms with E-state index in [0.717, 1.165) is 23.4 Å². The van der Waals surface area contributed by atoms with E-state index in [2.05, 4.69) is 41.2 Å². The molecule has 0 bridgehead atoms. The first-order chi connectivity index (χ1) is 8.25. The molecule has 2 heteroatoms. The molecule has 0 amide bonds. The molecule has 2 nitrogen and oxygen atoms in total. The topological polar surface area (TPSA) is 25.8 Å². The van der Waals surface area contributed by atoms with Crippen LogP contribution in [0.3, 0.4) is 0 Å². The van der Waals surface area contributed by atoms with E-state index in [4.69, 9.17) is 0 Å². The monoisotopic (exact) mass is 228 g/mol. The molecule has 1 aliphatic carbocycles. The minimum Gasteiger partial charge on any atom is -0.261 e. The molecule has 0 N–H and O–H groups in total. The minimum atomic E-state index is 0.953. The first kappa shape index (κ1) is 13.4. The van der Waals surface area contributed by atoms with Gasteiger partial charge in [0, 0.05) is 6.20 Å². The number of aromatic nitrogens is 2. The van der Waals surface area contributed by atoms with Gasteiger partial charge < -0.3 is 0 Å². The Morgan fingerprint density at radius 1 is 1.00 bits per heavy atom. The van der Waals surface area contributed by atoms with Crippen LogP contribution in [0.5, 0.6) is 0 Å². The fourth-order valence-corrected chi connectivity index (χ4v) is 1.52. The summed E-state index contributed by atoms with van der Waals surface area (Å²) in [4.78, 5) is 8.61. The molecule has 0 radical (unpaired) electrons. The second kappa shape index (κ2) is 6.79. The summed E-state index contributed by atoms with van der Waals surface area (Å²) in [6.07, 6.45) is 13.1. The summed E-state index contributed by atoms with van der Waals surface area (Å²) in [5.41, 5.74) is 4.35. The van der Waals surface area contributed by atoms with Gasteiger partial charge in [-0.15, -0.1) is 0 Å². The molecule has 1 aromatic heterocycles. The maximum atomic E-state index is 4.46. The predicted octanol–water partition coefficient (Wildman–Crippen LogP) is 4.10. The van der Waals surface area contributed by atoms with Crippen molar-refractivity contribution in [3.05, 3.63) is 53.7 Å². The number of aryl methyl sites for hydroxylation is 1. The number of allylic oxidation sites excluding steroid dienone is 6. The Balaban J connectivity index is 0.000000686. The third-order valence-electron chi connectivity index (χ3n) is 2.35. The van der Waals surface area contributed by atoms with Crippen molar-refractivity contribution in [2.75, 3.05) is 0 Å². The van der Waals surface area contributed by atoms with Crippen LogP contribution < -0.4 is 0 Å². The SMILES string of the molecule is CC.CC1=CCC=C(c2cncc(C)n2)C=C1. The van der Waals surface area contributed by atoms with Crippen molar-refractivity contribution in [2.45, 2.75) is 34.1 Å². The maximum Gasteiger partial charge on any atom is 0.0885 e. The first-order valence-corrected chi connectivity index (χ1v) is 6.10. The van der Waals surface area contributed by atoms with Crippen molar-refractivity contribution in [1.82, 2.24) is 9.97 Å². The Hall–Kier alpha value is -1.70. The van der Waals surface area contributed by atoms with Crippen molar-refractivity contribution in [2.24, 2.45) is 0 Å². The lowest BCUT2D eigenvalue weighted by Crippen LogP contribution is -1.91. The van der Waals surface area contributed by atoms with Gasteiger partial charge in [-0.1, -0.05) is 43.7 Å². The van der Waals surface area contributed by atoms with Crippen LogP contribution in [0, 0.1) is 6.92 Å². The van der Waals surface area contributed by atoms with Gasteiger partial charge in [0.25, 0.3) is 0 Å². The molecule has 1 aliphatic rings. The van der Waals surface area contributed by atoms with Gasteiger partial charge in [-0.05, 0) is 25.8 Å². The van der Waals surface area contributed by atoms with Crippen LogP contribution in [0.25, 0.3) is 5.57 Å². The maximum absolute atomic E-state index is 4.46. The summed E-state index contributed by atoms with van der Waals surface area (Å²) >= 11 is 0. The van der Waals surface area contributed by atoms with E-state index in [1.54, 1.807) is 6.20 Å². The highest BCUT2D eigenvalue weighted by atomic mass is 14.8. The summed E-state index contributed by atoms with van der Waals surface area (Å²) < 4.78 is 0. The van der Waals surface area contributed by atoms with Gasteiger partial charge >= 0.3 is 0 Å². The molecule has 90 valence electrons. The molecule has 0 spiro atoms. The van der Waals surface area contributed by atoms with E-state index in [-0.39, 0.29) is 0 Å². The molecule has 17 heavy (non-hydrogen) atoms. The number of hydrogen-bond acceptors (Lipinski definition) is 2. The second-order valence-electron chi connectivity index (χ2n) is 3.72. The highest BCUT2D eigenvalue weighted by Crippen LogP contribution is 2.18. The van der Waals surface area contributed by atoms with E-state index in [0.29, 0.717) is 0 Å². The van der Waals surface area contributed by atoms with E-state index in [1.165, 1.54) is 5.57 Å². The van der Waals surface area contributed by atoms with Gasteiger partial charge in [-0.25, -0.2) is 4.98 Å². The van der Waals surface area contributed by atoms with E-state index >= 15 is 0 Å². The van der Waals surface area contributed by atoms with Crippen molar-refractivity contribution < 1.29 is 0 Å².